The van der Waals surface area contributed by atoms with Gasteiger partial charge in [0.05, 0.1) is 0 Å². The third-order valence-electron chi connectivity index (χ3n) is 2.66. The monoisotopic (exact) mass is 238 g/mol. The van der Waals surface area contributed by atoms with Crippen LogP contribution in [0.3, 0.4) is 0 Å². The summed E-state index contributed by atoms with van der Waals surface area (Å²) in [5, 5.41) is 0. The number of allylic oxidation sites excluding steroid dienone is 1. The van der Waals surface area contributed by atoms with E-state index in [1.54, 1.807) is 0 Å². The number of nitrogens with zero attached hydrogens (tertiary/aromatic N) is 1. The van der Waals surface area contributed by atoms with Crippen molar-refractivity contribution in [2.45, 2.75) is 32.9 Å². The molecule has 1 aromatic rings. The highest BCUT2D eigenvalue weighted by atomic mass is 32.1. The third-order valence-corrected chi connectivity index (χ3v) is 3.78. The zero-order chi connectivity index (χ0) is 12.0. The van der Waals surface area contributed by atoms with E-state index in [1.165, 1.54) is 21.7 Å². The van der Waals surface area contributed by atoms with Crippen molar-refractivity contribution in [2.24, 2.45) is 5.73 Å². The van der Waals surface area contributed by atoms with Gasteiger partial charge in [-0.3, -0.25) is 0 Å². The summed E-state index contributed by atoms with van der Waals surface area (Å²) in [4.78, 5) is 5.04. The Morgan fingerprint density at radius 3 is 2.88 bits per heavy atom. The second-order valence-electron chi connectivity index (χ2n) is 4.17. The van der Waals surface area contributed by atoms with Gasteiger partial charge in [-0.15, -0.1) is 17.9 Å². The molecule has 0 unspecified atom stereocenters. The van der Waals surface area contributed by atoms with Crippen molar-refractivity contribution in [3.8, 4) is 0 Å². The van der Waals surface area contributed by atoms with Crippen LogP contribution in [-0.4, -0.2) is 18.5 Å². The average molecular weight is 238 g/mol. The first-order valence-electron chi connectivity index (χ1n) is 5.75. The van der Waals surface area contributed by atoms with E-state index in [4.69, 9.17) is 5.73 Å². The Bertz CT molecular complexity index is 331. The Labute approximate surface area is 103 Å². The van der Waals surface area contributed by atoms with E-state index in [0.29, 0.717) is 6.54 Å². The van der Waals surface area contributed by atoms with Gasteiger partial charge in [0, 0.05) is 22.8 Å². The summed E-state index contributed by atoms with van der Waals surface area (Å²) in [7, 11) is 2.17. The molecule has 0 radical (unpaired) electrons. The van der Waals surface area contributed by atoms with E-state index in [-0.39, 0.29) is 0 Å². The number of unbranched alkanes of at least 4 members (excludes halogenated alkanes) is 1. The number of hydrogen-bond donors (Lipinski definition) is 1. The molecule has 0 spiro atoms. The highest BCUT2D eigenvalue weighted by Gasteiger charge is 2.06. The maximum absolute atomic E-state index is 5.65. The SMILES string of the molecule is C=CCCCN(C)Cc1cc(CN)sc1C. The van der Waals surface area contributed by atoms with Gasteiger partial charge in [0.25, 0.3) is 0 Å². The van der Waals surface area contributed by atoms with Gasteiger partial charge in [-0.2, -0.15) is 0 Å². The van der Waals surface area contributed by atoms with Crippen molar-refractivity contribution in [1.82, 2.24) is 4.90 Å². The van der Waals surface area contributed by atoms with Crippen molar-refractivity contribution in [2.75, 3.05) is 13.6 Å². The van der Waals surface area contributed by atoms with Crippen LogP contribution in [-0.2, 0) is 13.1 Å². The molecule has 0 fully saturated rings. The molecule has 1 heterocycles. The fraction of sp³-hybridized carbons (Fsp3) is 0.538. The van der Waals surface area contributed by atoms with E-state index >= 15 is 0 Å². The Morgan fingerprint density at radius 1 is 1.56 bits per heavy atom. The first kappa shape index (κ1) is 13.4. The molecule has 0 atom stereocenters. The van der Waals surface area contributed by atoms with E-state index in [9.17, 15) is 0 Å². The number of aryl methyl sites for hydroxylation is 1. The predicted molar refractivity (Wildman–Crippen MR) is 72.7 cm³/mol. The van der Waals surface area contributed by atoms with Gasteiger partial charge >= 0.3 is 0 Å². The van der Waals surface area contributed by atoms with E-state index in [1.807, 2.05) is 17.4 Å². The van der Waals surface area contributed by atoms with Gasteiger partial charge in [-0.05, 0) is 45.0 Å². The van der Waals surface area contributed by atoms with Crippen molar-refractivity contribution in [3.05, 3.63) is 34.0 Å². The Balaban J connectivity index is 2.45. The lowest BCUT2D eigenvalue weighted by Crippen LogP contribution is -2.19. The molecule has 0 aliphatic rings. The molecule has 1 rings (SSSR count). The maximum Gasteiger partial charge on any atom is 0.0274 e. The molecule has 90 valence electrons. The summed E-state index contributed by atoms with van der Waals surface area (Å²) in [6.07, 6.45) is 4.27. The molecule has 3 heteroatoms. The van der Waals surface area contributed by atoms with Gasteiger partial charge in [-0.25, -0.2) is 0 Å². The van der Waals surface area contributed by atoms with Crippen LogP contribution in [0.4, 0.5) is 0 Å². The standard InChI is InChI=1S/C13H22N2S/c1-4-5-6-7-15(3)10-12-8-13(9-14)16-11(12)2/h4,8H,1,5-7,9-10,14H2,2-3H3. The molecule has 0 saturated heterocycles. The topological polar surface area (TPSA) is 29.3 Å². The molecule has 0 bridgehead atoms. The minimum Gasteiger partial charge on any atom is -0.326 e. The first-order valence-corrected chi connectivity index (χ1v) is 6.56. The first-order chi connectivity index (χ1) is 7.67. The minimum absolute atomic E-state index is 0.658. The molecule has 16 heavy (non-hydrogen) atoms. The second kappa shape index (κ2) is 6.84. The third kappa shape index (κ3) is 4.08. The Kier molecular flexibility index (Phi) is 5.74. The fourth-order valence-corrected chi connectivity index (χ4v) is 2.65. The summed E-state index contributed by atoms with van der Waals surface area (Å²) in [5.41, 5.74) is 7.07. The van der Waals surface area contributed by atoms with Gasteiger partial charge < -0.3 is 10.6 Å². The van der Waals surface area contributed by atoms with Gasteiger partial charge in [-0.1, -0.05) is 6.08 Å². The van der Waals surface area contributed by atoms with Crippen LogP contribution >= 0.6 is 11.3 Å². The number of thiophene rings is 1. The van der Waals surface area contributed by atoms with Gasteiger partial charge in [0.2, 0.25) is 0 Å². The van der Waals surface area contributed by atoms with Crippen LogP contribution in [0.2, 0.25) is 0 Å². The smallest absolute Gasteiger partial charge is 0.0274 e. The highest BCUT2D eigenvalue weighted by Crippen LogP contribution is 2.22. The normalized spacial score (nSPS) is 11.0. The van der Waals surface area contributed by atoms with Crippen LogP contribution in [0.5, 0.6) is 0 Å². The molecule has 0 amide bonds. The van der Waals surface area contributed by atoms with Crippen LogP contribution in [0.1, 0.15) is 28.2 Å². The summed E-state index contributed by atoms with van der Waals surface area (Å²) in [6, 6.07) is 2.24. The summed E-state index contributed by atoms with van der Waals surface area (Å²) >= 11 is 1.82. The summed E-state index contributed by atoms with van der Waals surface area (Å²) < 4.78 is 0. The van der Waals surface area contributed by atoms with E-state index < -0.39 is 0 Å². The zero-order valence-electron chi connectivity index (χ0n) is 10.3. The lowest BCUT2D eigenvalue weighted by Gasteiger charge is -2.15. The second-order valence-corrected chi connectivity index (χ2v) is 5.51. The number of nitrogens with two attached hydrogens (primary N) is 1. The zero-order valence-corrected chi connectivity index (χ0v) is 11.1. The Hall–Kier alpha value is -0.640. The van der Waals surface area contributed by atoms with Crippen LogP contribution in [0, 0.1) is 6.92 Å². The van der Waals surface area contributed by atoms with Crippen molar-refractivity contribution in [3.63, 3.8) is 0 Å². The largest absolute Gasteiger partial charge is 0.326 e. The number of rotatable bonds is 7. The predicted octanol–water partition coefficient (Wildman–Crippen LogP) is 2.91. The highest BCUT2D eigenvalue weighted by molar-refractivity contribution is 7.12. The van der Waals surface area contributed by atoms with E-state index in [2.05, 4.69) is 31.5 Å². The molecular weight excluding hydrogens is 216 g/mol. The summed E-state index contributed by atoms with van der Waals surface area (Å²) in [6.45, 7) is 8.73. The van der Waals surface area contributed by atoms with Crippen molar-refractivity contribution < 1.29 is 0 Å². The molecule has 0 aromatic carbocycles. The molecule has 2 nitrogen and oxygen atoms in total. The molecule has 1 aromatic heterocycles. The lowest BCUT2D eigenvalue weighted by molar-refractivity contribution is 0.323. The quantitative estimate of drug-likeness (QED) is 0.584. The molecule has 0 saturated carbocycles. The molecule has 0 aliphatic heterocycles. The summed E-state index contributed by atoms with van der Waals surface area (Å²) in [5.74, 6) is 0. The van der Waals surface area contributed by atoms with Crippen LogP contribution in [0.15, 0.2) is 18.7 Å². The number of hydrogen-bond acceptors (Lipinski definition) is 3. The van der Waals surface area contributed by atoms with E-state index in [0.717, 1.165) is 19.5 Å². The minimum atomic E-state index is 0.658. The molecule has 0 aliphatic carbocycles. The van der Waals surface area contributed by atoms with Crippen molar-refractivity contribution in [1.29, 1.82) is 0 Å². The van der Waals surface area contributed by atoms with Gasteiger partial charge in [0.1, 0.15) is 0 Å². The fourth-order valence-electron chi connectivity index (χ4n) is 1.72. The van der Waals surface area contributed by atoms with Crippen LogP contribution in [0.25, 0.3) is 0 Å². The van der Waals surface area contributed by atoms with Crippen molar-refractivity contribution >= 4 is 11.3 Å². The average Bonchev–Trinajstić information content (AvgIpc) is 2.60. The van der Waals surface area contributed by atoms with Crippen LogP contribution < -0.4 is 5.73 Å². The Morgan fingerprint density at radius 2 is 2.31 bits per heavy atom. The van der Waals surface area contributed by atoms with Gasteiger partial charge in [0.15, 0.2) is 0 Å². The molecule has 2 N–H and O–H groups in total. The molecular formula is C13H22N2S. The lowest BCUT2D eigenvalue weighted by atomic mass is 10.2. The maximum atomic E-state index is 5.65.